The van der Waals surface area contributed by atoms with E-state index in [-0.39, 0.29) is 34.3 Å². The van der Waals surface area contributed by atoms with Crippen LogP contribution in [0.25, 0.3) is 0 Å². The maximum atomic E-state index is 12.6. The molecule has 1 atom stereocenters. The Bertz CT molecular complexity index is 739. The van der Waals surface area contributed by atoms with E-state index in [4.69, 9.17) is 9.47 Å². The highest BCUT2D eigenvalue weighted by Gasteiger charge is 2.39. The Labute approximate surface area is 120 Å². The largest absolute Gasteiger partial charge is 0.457 e. The number of Topliss-reactive ketones (excluding diaryl/α,β-unsaturated/α-hetero) is 3. The number of hydrogen-bond donors (Lipinski definition) is 0. The first-order chi connectivity index (χ1) is 10.0. The first kappa shape index (κ1) is 13.5. The summed E-state index contributed by atoms with van der Waals surface area (Å²) in [4.78, 5) is 36.6. The fraction of sp³-hybridized carbons (Fsp3) is 0.188. The van der Waals surface area contributed by atoms with Gasteiger partial charge in [0.1, 0.15) is 0 Å². The Kier molecular flexibility index (Phi) is 3.07. The molecule has 1 aliphatic carbocycles. The third-order valence-corrected chi connectivity index (χ3v) is 3.50. The number of rotatable bonds is 2. The highest BCUT2D eigenvalue weighted by molar-refractivity contribution is 6.28. The van der Waals surface area contributed by atoms with Crippen LogP contribution >= 0.6 is 0 Å². The smallest absolute Gasteiger partial charge is 0.231 e. The monoisotopic (exact) mass is 284 g/mol. The van der Waals surface area contributed by atoms with Crippen LogP contribution in [0.4, 0.5) is 0 Å². The third-order valence-electron chi connectivity index (χ3n) is 3.50. The summed E-state index contributed by atoms with van der Waals surface area (Å²) < 4.78 is 10.5. The molecule has 1 aromatic carbocycles. The summed E-state index contributed by atoms with van der Waals surface area (Å²) in [5.41, 5.74) is 0.969. The van der Waals surface area contributed by atoms with Gasteiger partial charge in [0.15, 0.2) is 23.1 Å². The van der Waals surface area contributed by atoms with Crippen molar-refractivity contribution in [2.75, 3.05) is 7.11 Å². The van der Waals surface area contributed by atoms with Gasteiger partial charge in [-0.3, -0.25) is 14.4 Å². The minimum Gasteiger partial charge on any atom is -0.457 e. The Hall–Kier alpha value is -2.53. The highest BCUT2D eigenvalue weighted by Crippen LogP contribution is 2.34. The van der Waals surface area contributed by atoms with E-state index in [2.05, 4.69) is 0 Å². The second kappa shape index (κ2) is 4.79. The number of allylic oxidation sites excluding steroid dienone is 3. The molecule has 1 aliphatic heterocycles. The second-order valence-corrected chi connectivity index (χ2v) is 4.78. The van der Waals surface area contributed by atoms with Crippen molar-refractivity contribution in [3.8, 4) is 0 Å². The fourth-order valence-corrected chi connectivity index (χ4v) is 2.48. The van der Waals surface area contributed by atoms with Crippen LogP contribution in [0.1, 0.15) is 27.6 Å². The predicted octanol–water partition coefficient (Wildman–Crippen LogP) is 1.84. The van der Waals surface area contributed by atoms with E-state index in [1.54, 1.807) is 24.3 Å². The Morgan fingerprint density at radius 3 is 2.33 bits per heavy atom. The average molecular weight is 284 g/mol. The van der Waals surface area contributed by atoms with E-state index in [9.17, 15) is 14.4 Å². The van der Waals surface area contributed by atoms with Crippen molar-refractivity contribution >= 4 is 17.3 Å². The molecule has 1 heterocycles. The molecular formula is C16H12O5. The minimum atomic E-state index is -1.05. The van der Waals surface area contributed by atoms with Crippen LogP contribution in [0.15, 0.2) is 47.2 Å². The zero-order valence-corrected chi connectivity index (χ0v) is 11.5. The van der Waals surface area contributed by atoms with Crippen molar-refractivity contribution in [3.63, 3.8) is 0 Å². The van der Waals surface area contributed by atoms with Gasteiger partial charge in [-0.2, -0.15) is 0 Å². The van der Waals surface area contributed by atoms with Crippen molar-refractivity contribution in [1.82, 2.24) is 0 Å². The van der Waals surface area contributed by atoms with Crippen LogP contribution < -0.4 is 0 Å². The lowest BCUT2D eigenvalue weighted by atomic mass is 9.82. The number of benzene rings is 1. The summed E-state index contributed by atoms with van der Waals surface area (Å²) in [5, 5.41) is 0. The van der Waals surface area contributed by atoms with Crippen LogP contribution in [0.5, 0.6) is 0 Å². The Morgan fingerprint density at radius 2 is 1.76 bits per heavy atom. The lowest BCUT2D eigenvalue weighted by Gasteiger charge is -2.29. The standard InChI is InChI=1S/C16H12O5/c1-8(17)12-7-11-13(16(20-2)21-12)15(19)10-6-4-3-5-9(10)14(11)18/h3-7,16H,1-2H3. The van der Waals surface area contributed by atoms with Gasteiger partial charge in [-0.1, -0.05) is 24.3 Å². The molecule has 5 heteroatoms. The molecule has 2 aliphatic rings. The molecule has 5 nitrogen and oxygen atoms in total. The van der Waals surface area contributed by atoms with Gasteiger partial charge in [-0.25, -0.2) is 0 Å². The lowest BCUT2D eigenvalue weighted by molar-refractivity contribution is -0.124. The molecule has 1 aromatic rings. The molecule has 0 saturated heterocycles. The molecule has 0 bridgehead atoms. The van der Waals surface area contributed by atoms with Gasteiger partial charge in [0.05, 0.1) is 5.57 Å². The second-order valence-electron chi connectivity index (χ2n) is 4.78. The summed E-state index contributed by atoms with van der Waals surface area (Å²) in [6.07, 6.45) is 0.275. The Balaban J connectivity index is 2.23. The zero-order valence-electron chi connectivity index (χ0n) is 11.5. The molecule has 0 radical (unpaired) electrons. The molecule has 0 spiro atoms. The highest BCUT2D eigenvalue weighted by atomic mass is 16.7. The van der Waals surface area contributed by atoms with Gasteiger partial charge in [0.2, 0.25) is 6.29 Å². The van der Waals surface area contributed by atoms with E-state index in [1.807, 2.05) is 0 Å². The summed E-state index contributed by atoms with van der Waals surface area (Å²) in [6, 6.07) is 6.57. The molecular weight excluding hydrogens is 272 g/mol. The summed E-state index contributed by atoms with van der Waals surface area (Å²) >= 11 is 0. The summed E-state index contributed by atoms with van der Waals surface area (Å²) in [7, 11) is 1.36. The van der Waals surface area contributed by atoms with E-state index in [0.717, 1.165) is 0 Å². The molecule has 0 N–H and O–H groups in total. The van der Waals surface area contributed by atoms with Crippen molar-refractivity contribution < 1.29 is 23.9 Å². The van der Waals surface area contributed by atoms with Crippen LogP contribution in [0.2, 0.25) is 0 Å². The van der Waals surface area contributed by atoms with Crippen LogP contribution in [0.3, 0.4) is 0 Å². The van der Waals surface area contributed by atoms with Crippen molar-refractivity contribution in [2.45, 2.75) is 13.2 Å². The zero-order chi connectivity index (χ0) is 15.1. The Morgan fingerprint density at radius 1 is 1.14 bits per heavy atom. The molecule has 21 heavy (non-hydrogen) atoms. The summed E-state index contributed by atoms with van der Waals surface area (Å²) in [5.74, 6) is -0.931. The molecule has 1 unspecified atom stereocenters. The van der Waals surface area contributed by atoms with E-state index >= 15 is 0 Å². The molecule has 0 fully saturated rings. The number of carbonyl (C=O) groups is 3. The number of carbonyl (C=O) groups excluding carboxylic acids is 3. The van der Waals surface area contributed by atoms with E-state index < -0.39 is 6.29 Å². The summed E-state index contributed by atoms with van der Waals surface area (Å²) in [6.45, 7) is 1.33. The molecule has 0 saturated carbocycles. The number of ketones is 3. The topological polar surface area (TPSA) is 69.7 Å². The number of fused-ring (bicyclic) bond motifs is 1. The van der Waals surface area contributed by atoms with Crippen molar-refractivity contribution in [1.29, 1.82) is 0 Å². The van der Waals surface area contributed by atoms with Gasteiger partial charge >= 0.3 is 0 Å². The quantitative estimate of drug-likeness (QED) is 0.828. The molecule has 3 rings (SSSR count). The lowest BCUT2D eigenvalue weighted by Crippen LogP contribution is -2.34. The molecule has 0 amide bonds. The van der Waals surface area contributed by atoms with Crippen molar-refractivity contribution in [2.24, 2.45) is 0 Å². The molecule has 106 valence electrons. The first-order valence-electron chi connectivity index (χ1n) is 6.39. The maximum Gasteiger partial charge on any atom is 0.231 e. The van der Waals surface area contributed by atoms with Crippen molar-refractivity contribution in [3.05, 3.63) is 58.4 Å². The number of ether oxygens (including phenoxy) is 2. The third kappa shape index (κ3) is 1.94. The van der Waals surface area contributed by atoms with Crippen LogP contribution in [0, 0.1) is 0 Å². The number of hydrogen-bond acceptors (Lipinski definition) is 5. The normalized spacial score (nSPS) is 20.5. The van der Waals surface area contributed by atoms with Gasteiger partial charge in [0, 0.05) is 30.7 Å². The van der Waals surface area contributed by atoms with E-state index in [1.165, 1.54) is 20.1 Å². The first-order valence-corrected chi connectivity index (χ1v) is 6.39. The van der Waals surface area contributed by atoms with E-state index in [0.29, 0.717) is 11.1 Å². The predicted molar refractivity (Wildman–Crippen MR) is 72.8 cm³/mol. The van der Waals surface area contributed by atoms with Gasteiger partial charge in [-0.05, 0) is 6.08 Å². The molecule has 0 aromatic heterocycles. The van der Waals surface area contributed by atoms with Gasteiger partial charge < -0.3 is 9.47 Å². The van der Waals surface area contributed by atoms with Crippen LogP contribution in [-0.4, -0.2) is 30.7 Å². The fourth-order valence-electron chi connectivity index (χ4n) is 2.48. The minimum absolute atomic E-state index is 0.0149. The number of methoxy groups -OCH3 is 1. The van der Waals surface area contributed by atoms with Crippen LogP contribution in [-0.2, 0) is 14.3 Å². The van der Waals surface area contributed by atoms with Gasteiger partial charge in [0.25, 0.3) is 0 Å². The SMILES string of the molecule is COC1OC(C(C)=O)=CC2=C1C(=O)c1ccccc1C2=O. The average Bonchev–Trinajstić information content (AvgIpc) is 2.51. The maximum absolute atomic E-state index is 12.6. The van der Waals surface area contributed by atoms with Gasteiger partial charge in [-0.15, -0.1) is 0 Å².